The molecule has 0 radical (unpaired) electrons. The van der Waals surface area contributed by atoms with Gasteiger partial charge in [0.25, 0.3) is 0 Å². The Hall–Kier alpha value is -2.55. The van der Waals surface area contributed by atoms with Crippen LogP contribution in [0.2, 0.25) is 0 Å². The summed E-state index contributed by atoms with van der Waals surface area (Å²) in [5, 5.41) is 9.83. The summed E-state index contributed by atoms with van der Waals surface area (Å²) >= 11 is 0. The van der Waals surface area contributed by atoms with Crippen LogP contribution in [0.5, 0.6) is 0 Å². The lowest BCUT2D eigenvalue weighted by Gasteiger charge is -2.01. The summed E-state index contributed by atoms with van der Waals surface area (Å²) < 4.78 is 0. The van der Waals surface area contributed by atoms with Crippen molar-refractivity contribution < 1.29 is 0 Å². The van der Waals surface area contributed by atoms with Crippen LogP contribution in [-0.4, -0.2) is 10.2 Å². The molecule has 4 rings (SSSR count). The molecule has 0 spiro atoms. The molecule has 1 aliphatic carbocycles. The van der Waals surface area contributed by atoms with Crippen molar-refractivity contribution in [1.29, 1.82) is 0 Å². The molecule has 1 heterocycles. The molecule has 19 heavy (non-hydrogen) atoms. The lowest BCUT2D eigenvalue weighted by Crippen LogP contribution is -1.95. The van der Waals surface area contributed by atoms with E-state index in [1.54, 1.807) is 18.3 Å². The zero-order chi connectivity index (χ0) is 12.8. The van der Waals surface area contributed by atoms with Gasteiger partial charge in [0, 0.05) is 17.4 Å². The standard InChI is InChI=1S/C16H10N2O/c19-16-4-2-1-3-10-7-11-8-15-12(5-6-17-18-15)13(11)9-14(10)16/h1-7,9H,8H2. The number of hydrogen-bond donors (Lipinski definition) is 0. The zero-order valence-corrected chi connectivity index (χ0v) is 10.1. The molecule has 0 saturated heterocycles. The lowest BCUT2D eigenvalue weighted by atomic mass is 10.0. The van der Waals surface area contributed by atoms with E-state index in [-0.39, 0.29) is 5.43 Å². The molecule has 0 N–H and O–H groups in total. The number of hydrogen-bond acceptors (Lipinski definition) is 3. The van der Waals surface area contributed by atoms with Crippen LogP contribution in [0.15, 0.2) is 53.5 Å². The Morgan fingerprint density at radius 1 is 1.00 bits per heavy atom. The fourth-order valence-electron chi connectivity index (χ4n) is 2.72. The van der Waals surface area contributed by atoms with Crippen LogP contribution < -0.4 is 5.43 Å². The minimum atomic E-state index is 0.0539. The Morgan fingerprint density at radius 3 is 2.84 bits per heavy atom. The van der Waals surface area contributed by atoms with Gasteiger partial charge in [-0.1, -0.05) is 24.3 Å². The Kier molecular flexibility index (Phi) is 2.03. The average molecular weight is 246 g/mol. The van der Waals surface area contributed by atoms with Crippen molar-refractivity contribution in [2.45, 2.75) is 6.42 Å². The highest BCUT2D eigenvalue weighted by molar-refractivity contribution is 5.90. The maximum absolute atomic E-state index is 12.1. The lowest BCUT2D eigenvalue weighted by molar-refractivity contribution is 0.959. The van der Waals surface area contributed by atoms with Crippen LogP contribution in [-0.2, 0) is 6.42 Å². The van der Waals surface area contributed by atoms with E-state index in [1.165, 1.54) is 5.56 Å². The first-order valence-corrected chi connectivity index (χ1v) is 6.20. The fourth-order valence-corrected chi connectivity index (χ4v) is 2.72. The highest BCUT2D eigenvalue weighted by Gasteiger charge is 2.20. The van der Waals surface area contributed by atoms with Crippen molar-refractivity contribution >= 4 is 10.8 Å². The van der Waals surface area contributed by atoms with E-state index >= 15 is 0 Å². The molecule has 90 valence electrons. The number of nitrogens with zero attached hydrogens (tertiary/aromatic N) is 2. The van der Waals surface area contributed by atoms with Gasteiger partial charge in [0.15, 0.2) is 5.43 Å². The second-order valence-electron chi connectivity index (χ2n) is 4.75. The highest BCUT2D eigenvalue weighted by atomic mass is 16.1. The number of fused-ring (bicyclic) bond motifs is 4. The van der Waals surface area contributed by atoms with Gasteiger partial charge in [0.05, 0.1) is 11.9 Å². The van der Waals surface area contributed by atoms with Crippen LogP contribution in [0.4, 0.5) is 0 Å². The van der Waals surface area contributed by atoms with Gasteiger partial charge in [0.1, 0.15) is 0 Å². The first-order chi connectivity index (χ1) is 9.33. The summed E-state index contributed by atoms with van der Waals surface area (Å²) in [5.74, 6) is 0. The van der Waals surface area contributed by atoms with Crippen LogP contribution >= 0.6 is 0 Å². The predicted octanol–water partition coefficient (Wildman–Crippen LogP) is 2.56. The minimum Gasteiger partial charge on any atom is -0.289 e. The van der Waals surface area contributed by atoms with Crippen molar-refractivity contribution in [2.75, 3.05) is 0 Å². The summed E-state index contributed by atoms with van der Waals surface area (Å²) in [4.78, 5) is 12.1. The molecule has 0 fully saturated rings. The molecule has 0 unspecified atom stereocenters. The van der Waals surface area contributed by atoms with Crippen LogP contribution in [0.25, 0.3) is 21.9 Å². The monoisotopic (exact) mass is 246 g/mol. The Morgan fingerprint density at radius 2 is 1.89 bits per heavy atom. The van der Waals surface area contributed by atoms with Gasteiger partial charge in [-0.2, -0.15) is 10.2 Å². The van der Waals surface area contributed by atoms with Gasteiger partial charge in [0.2, 0.25) is 0 Å². The molecular formula is C16H10N2O. The highest BCUT2D eigenvalue weighted by Crippen LogP contribution is 2.36. The van der Waals surface area contributed by atoms with E-state index in [0.717, 1.165) is 34.0 Å². The molecule has 3 aromatic rings. The third-order valence-electron chi connectivity index (χ3n) is 3.62. The first-order valence-electron chi connectivity index (χ1n) is 6.20. The summed E-state index contributed by atoms with van der Waals surface area (Å²) in [7, 11) is 0. The molecule has 0 aliphatic heterocycles. The van der Waals surface area contributed by atoms with Crippen molar-refractivity contribution in [3.8, 4) is 11.1 Å². The van der Waals surface area contributed by atoms with Gasteiger partial charge in [-0.25, -0.2) is 0 Å². The zero-order valence-electron chi connectivity index (χ0n) is 10.1. The van der Waals surface area contributed by atoms with E-state index in [9.17, 15) is 4.79 Å². The third-order valence-corrected chi connectivity index (χ3v) is 3.62. The van der Waals surface area contributed by atoms with E-state index in [2.05, 4.69) is 16.3 Å². The summed E-state index contributed by atoms with van der Waals surface area (Å²) in [5.41, 5.74) is 4.47. The molecule has 3 nitrogen and oxygen atoms in total. The molecule has 0 amide bonds. The maximum Gasteiger partial charge on any atom is 0.186 e. The van der Waals surface area contributed by atoms with E-state index in [1.807, 2.05) is 24.3 Å². The number of benzene rings is 1. The van der Waals surface area contributed by atoms with Crippen molar-refractivity contribution in [2.24, 2.45) is 0 Å². The molecule has 1 aliphatic rings. The van der Waals surface area contributed by atoms with Crippen LogP contribution in [0.1, 0.15) is 11.3 Å². The first kappa shape index (κ1) is 10.4. The van der Waals surface area contributed by atoms with Crippen molar-refractivity contribution in [3.63, 3.8) is 0 Å². The summed E-state index contributed by atoms with van der Waals surface area (Å²) in [6.07, 6.45) is 2.49. The summed E-state index contributed by atoms with van der Waals surface area (Å²) in [6, 6.07) is 13.3. The second kappa shape index (κ2) is 3.72. The molecule has 3 heteroatoms. The second-order valence-corrected chi connectivity index (χ2v) is 4.75. The van der Waals surface area contributed by atoms with Gasteiger partial charge < -0.3 is 0 Å². The normalized spacial score (nSPS) is 12.2. The molecule has 2 aromatic carbocycles. The fraction of sp³-hybridized carbons (Fsp3) is 0.0625. The van der Waals surface area contributed by atoms with Gasteiger partial charge in [-0.15, -0.1) is 0 Å². The van der Waals surface area contributed by atoms with E-state index in [0.29, 0.717) is 0 Å². The topological polar surface area (TPSA) is 42.9 Å². The molecule has 0 atom stereocenters. The Labute approximate surface area is 109 Å². The van der Waals surface area contributed by atoms with E-state index in [4.69, 9.17) is 0 Å². The molecule has 0 bridgehead atoms. The van der Waals surface area contributed by atoms with Gasteiger partial charge >= 0.3 is 0 Å². The average Bonchev–Trinajstić information content (AvgIpc) is 2.69. The molecule has 0 saturated carbocycles. The smallest absolute Gasteiger partial charge is 0.186 e. The predicted molar refractivity (Wildman–Crippen MR) is 74.1 cm³/mol. The number of aromatic nitrogens is 2. The Balaban J connectivity index is 2.13. The summed E-state index contributed by atoms with van der Waals surface area (Å²) in [6.45, 7) is 0. The quantitative estimate of drug-likeness (QED) is 0.479. The molecular weight excluding hydrogens is 236 g/mol. The molecule has 1 aromatic heterocycles. The third kappa shape index (κ3) is 1.48. The van der Waals surface area contributed by atoms with Crippen molar-refractivity contribution in [1.82, 2.24) is 10.2 Å². The van der Waals surface area contributed by atoms with Gasteiger partial charge in [-0.05, 0) is 34.7 Å². The number of rotatable bonds is 0. The minimum absolute atomic E-state index is 0.0539. The largest absolute Gasteiger partial charge is 0.289 e. The Bertz CT molecular complexity index is 871. The van der Waals surface area contributed by atoms with Crippen LogP contribution in [0.3, 0.4) is 0 Å². The van der Waals surface area contributed by atoms with Gasteiger partial charge in [-0.3, -0.25) is 4.79 Å². The maximum atomic E-state index is 12.1. The van der Waals surface area contributed by atoms with Crippen molar-refractivity contribution in [3.05, 3.63) is 70.1 Å². The SMILES string of the molecule is O=c1ccccc2cc3c(cc12)-c1ccnnc1C3. The van der Waals surface area contributed by atoms with Crippen LogP contribution in [0, 0.1) is 0 Å². The van der Waals surface area contributed by atoms with E-state index < -0.39 is 0 Å².